The van der Waals surface area contributed by atoms with E-state index >= 15 is 0 Å². The SMILES string of the molecule is CC1C=NC(c2ccnc(Nc3cc(Cl)c4[nH]c(C(=O)[C@@]5(C)CCCNCC5)cc4c3)n2)=CC1. The molecule has 0 saturated carbocycles. The number of aliphatic imine (C=N–C) groups is 1. The number of carbonyl (C=O) groups is 1. The van der Waals surface area contributed by atoms with Gasteiger partial charge in [-0.05, 0) is 69.0 Å². The molecule has 1 aromatic carbocycles. The van der Waals surface area contributed by atoms with E-state index in [4.69, 9.17) is 11.6 Å². The summed E-state index contributed by atoms with van der Waals surface area (Å²) < 4.78 is 0. The van der Waals surface area contributed by atoms with Gasteiger partial charge in [-0.2, -0.15) is 0 Å². The van der Waals surface area contributed by atoms with E-state index in [2.05, 4.69) is 50.5 Å². The molecule has 4 heterocycles. The average molecular weight is 477 g/mol. The van der Waals surface area contributed by atoms with E-state index in [9.17, 15) is 4.79 Å². The highest BCUT2D eigenvalue weighted by atomic mass is 35.5. The number of aromatic nitrogens is 3. The molecule has 3 aromatic rings. The lowest BCUT2D eigenvalue weighted by atomic mass is 9.77. The second-order valence-electron chi connectivity index (χ2n) is 9.57. The van der Waals surface area contributed by atoms with Crippen molar-refractivity contribution in [2.75, 3.05) is 18.4 Å². The predicted molar refractivity (Wildman–Crippen MR) is 138 cm³/mol. The second-order valence-corrected chi connectivity index (χ2v) is 9.98. The van der Waals surface area contributed by atoms with Crippen LogP contribution in [0.25, 0.3) is 16.6 Å². The van der Waals surface area contributed by atoms with E-state index in [0.29, 0.717) is 22.6 Å². The Bertz CT molecular complexity index is 1290. The molecule has 5 rings (SSSR count). The Morgan fingerprint density at radius 2 is 2.12 bits per heavy atom. The van der Waals surface area contributed by atoms with Crippen LogP contribution in [-0.2, 0) is 0 Å². The number of anilines is 2. The van der Waals surface area contributed by atoms with Crippen molar-refractivity contribution in [2.45, 2.75) is 39.5 Å². The van der Waals surface area contributed by atoms with E-state index < -0.39 is 0 Å². The molecule has 176 valence electrons. The van der Waals surface area contributed by atoms with Gasteiger partial charge in [0.05, 0.1) is 27.6 Å². The number of ketones is 1. The number of halogens is 1. The quantitative estimate of drug-likeness (QED) is 0.406. The number of rotatable bonds is 5. The minimum Gasteiger partial charge on any atom is -0.351 e. The molecule has 1 saturated heterocycles. The molecule has 3 N–H and O–H groups in total. The number of benzene rings is 1. The van der Waals surface area contributed by atoms with Gasteiger partial charge in [0, 0.05) is 28.9 Å². The monoisotopic (exact) mass is 476 g/mol. The van der Waals surface area contributed by atoms with E-state index in [1.165, 1.54) is 0 Å². The Balaban J connectivity index is 1.40. The molecule has 0 radical (unpaired) electrons. The van der Waals surface area contributed by atoms with Crippen LogP contribution in [0.1, 0.15) is 55.7 Å². The number of aromatic amines is 1. The van der Waals surface area contributed by atoms with E-state index in [-0.39, 0.29) is 11.2 Å². The predicted octanol–water partition coefficient (Wildman–Crippen LogP) is 5.77. The van der Waals surface area contributed by atoms with Crippen LogP contribution in [0.3, 0.4) is 0 Å². The minimum atomic E-state index is -0.375. The van der Waals surface area contributed by atoms with E-state index in [1.54, 1.807) is 6.20 Å². The molecule has 0 spiro atoms. The molecule has 0 aliphatic carbocycles. The first-order chi connectivity index (χ1) is 16.4. The van der Waals surface area contributed by atoms with Crippen molar-refractivity contribution in [3.63, 3.8) is 0 Å². The van der Waals surface area contributed by atoms with Crippen molar-refractivity contribution < 1.29 is 4.79 Å². The summed E-state index contributed by atoms with van der Waals surface area (Å²) in [6, 6.07) is 7.54. The summed E-state index contributed by atoms with van der Waals surface area (Å²) in [5.74, 6) is 1.05. The maximum atomic E-state index is 13.4. The summed E-state index contributed by atoms with van der Waals surface area (Å²) in [5.41, 5.74) is 3.37. The summed E-state index contributed by atoms with van der Waals surface area (Å²) in [6.45, 7) is 6.02. The zero-order chi connectivity index (χ0) is 23.7. The molecule has 2 aliphatic rings. The number of H-pyrrole nitrogens is 1. The fourth-order valence-electron chi connectivity index (χ4n) is 4.64. The van der Waals surface area contributed by atoms with Gasteiger partial charge < -0.3 is 15.6 Å². The third-order valence-corrected chi connectivity index (χ3v) is 7.03. The van der Waals surface area contributed by atoms with Crippen LogP contribution in [0, 0.1) is 11.3 Å². The van der Waals surface area contributed by atoms with Crippen molar-refractivity contribution in [2.24, 2.45) is 16.3 Å². The second kappa shape index (κ2) is 9.31. The van der Waals surface area contributed by atoms with Crippen LogP contribution < -0.4 is 10.6 Å². The Labute approximate surface area is 204 Å². The van der Waals surface area contributed by atoms with Crippen LogP contribution in [-0.4, -0.2) is 40.0 Å². The highest BCUT2D eigenvalue weighted by molar-refractivity contribution is 6.35. The van der Waals surface area contributed by atoms with Gasteiger partial charge in [0.2, 0.25) is 5.95 Å². The third-order valence-electron chi connectivity index (χ3n) is 6.73. The topological polar surface area (TPSA) is 95.1 Å². The fraction of sp³-hybridized carbons (Fsp3) is 0.385. The summed E-state index contributed by atoms with van der Waals surface area (Å²) >= 11 is 6.60. The molecule has 2 aromatic heterocycles. The van der Waals surface area contributed by atoms with Crippen LogP contribution in [0.4, 0.5) is 11.6 Å². The van der Waals surface area contributed by atoms with Crippen molar-refractivity contribution >= 4 is 51.8 Å². The number of nitrogens with one attached hydrogen (secondary N) is 3. The molecule has 0 bridgehead atoms. The van der Waals surface area contributed by atoms with Gasteiger partial charge in [-0.1, -0.05) is 31.5 Å². The Kier molecular flexibility index (Phi) is 6.23. The molecular formula is C26H29ClN6O. The van der Waals surface area contributed by atoms with Gasteiger partial charge in [0.25, 0.3) is 0 Å². The first-order valence-corrected chi connectivity index (χ1v) is 12.2. The van der Waals surface area contributed by atoms with Crippen LogP contribution in [0.15, 0.2) is 41.5 Å². The third kappa shape index (κ3) is 4.63. The van der Waals surface area contributed by atoms with Crippen LogP contribution in [0.2, 0.25) is 5.02 Å². The molecule has 1 fully saturated rings. The maximum absolute atomic E-state index is 13.4. The highest BCUT2D eigenvalue weighted by Crippen LogP contribution is 2.36. The summed E-state index contributed by atoms with van der Waals surface area (Å²) in [4.78, 5) is 30.1. The lowest BCUT2D eigenvalue weighted by molar-refractivity contribution is 0.0791. The molecule has 2 aliphatic heterocycles. The van der Waals surface area contributed by atoms with Gasteiger partial charge >= 0.3 is 0 Å². The van der Waals surface area contributed by atoms with Gasteiger partial charge in [-0.25, -0.2) is 9.97 Å². The smallest absolute Gasteiger partial charge is 0.227 e. The minimum absolute atomic E-state index is 0.143. The van der Waals surface area contributed by atoms with Crippen molar-refractivity contribution in [3.05, 3.63) is 52.9 Å². The number of carbonyl (C=O) groups excluding carboxylic acids is 1. The zero-order valence-corrected chi connectivity index (χ0v) is 20.2. The Morgan fingerprint density at radius 1 is 1.24 bits per heavy atom. The molecule has 8 heteroatoms. The number of fused-ring (bicyclic) bond motifs is 1. The normalized spacial score (nSPS) is 22.9. The number of hydrogen-bond donors (Lipinski definition) is 3. The molecule has 2 atom stereocenters. The molecule has 1 unspecified atom stereocenters. The summed E-state index contributed by atoms with van der Waals surface area (Å²) in [6.07, 6.45) is 9.42. The number of nitrogens with zero attached hydrogens (tertiary/aromatic N) is 3. The molecule has 34 heavy (non-hydrogen) atoms. The average Bonchev–Trinajstić information content (AvgIpc) is 3.13. The van der Waals surface area contributed by atoms with Gasteiger partial charge in [-0.15, -0.1) is 0 Å². The van der Waals surface area contributed by atoms with Crippen molar-refractivity contribution in [1.29, 1.82) is 0 Å². The Hall–Kier alpha value is -3.03. The van der Waals surface area contributed by atoms with Crippen LogP contribution >= 0.6 is 11.6 Å². The largest absolute Gasteiger partial charge is 0.351 e. The van der Waals surface area contributed by atoms with Gasteiger partial charge in [0.1, 0.15) is 0 Å². The van der Waals surface area contributed by atoms with Crippen molar-refractivity contribution in [1.82, 2.24) is 20.3 Å². The lowest BCUT2D eigenvalue weighted by Gasteiger charge is -2.25. The lowest BCUT2D eigenvalue weighted by Crippen LogP contribution is -2.29. The zero-order valence-electron chi connectivity index (χ0n) is 19.5. The first kappa shape index (κ1) is 22.7. The Morgan fingerprint density at radius 3 is 2.94 bits per heavy atom. The standard InChI is InChI=1S/C26H29ClN6O/c1-16-4-5-20(30-15-16)21-6-10-29-25(33-21)31-18-12-17-13-22(32-23(17)19(27)14-18)24(34)26(2)7-3-9-28-11-8-26/h5-6,10,12-16,28,32H,3-4,7-9,11H2,1-2H3,(H,29,31,33)/t16?,26-/m0/s1. The highest BCUT2D eigenvalue weighted by Gasteiger charge is 2.35. The fourth-order valence-corrected chi connectivity index (χ4v) is 4.92. The molecule has 7 nitrogen and oxygen atoms in total. The van der Waals surface area contributed by atoms with Crippen molar-refractivity contribution in [3.8, 4) is 0 Å². The van der Waals surface area contributed by atoms with Gasteiger partial charge in [-0.3, -0.25) is 9.79 Å². The number of Topliss-reactive ketones (excluding diaryl/α,β-unsaturated/α-hetero) is 1. The first-order valence-electron chi connectivity index (χ1n) is 11.8. The van der Waals surface area contributed by atoms with E-state index in [0.717, 1.165) is 66.8 Å². The number of hydrogen-bond acceptors (Lipinski definition) is 6. The maximum Gasteiger partial charge on any atom is 0.227 e. The summed E-state index contributed by atoms with van der Waals surface area (Å²) in [5, 5.41) is 8.05. The molecule has 0 amide bonds. The van der Waals surface area contributed by atoms with Gasteiger partial charge in [0.15, 0.2) is 5.78 Å². The number of allylic oxidation sites excluding steroid dienone is 1. The summed E-state index contributed by atoms with van der Waals surface area (Å²) in [7, 11) is 0. The molecular weight excluding hydrogens is 448 g/mol. The van der Waals surface area contributed by atoms with E-state index in [1.807, 2.05) is 30.5 Å². The van der Waals surface area contributed by atoms with Crippen LogP contribution in [0.5, 0.6) is 0 Å².